The van der Waals surface area contributed by atoms with Gasteiger partial charge >= 0.3 is 0 Å². The van der Waals surface area contributed by atoms with Gasteiger partial charge < -0.3 is 14.8 Å². The maximum atomic E-state index is 5.79. The van der Waals surface area contributed by atoms with E-state index in [2.05, 4.69) is 60.2 Å². The Bertz CT molecular complexity index is 1150. The monoisotopic (exact) mass is 426 g/mol. The van der Waals surface area contributed by atoms with Crippen molar-refractivity contribution >= 4 is 17.3 Å². The zero-order valence-corrected chi connectivity index (χ0v) is 17.7. The third-order valence-electron chi connectivity index (χ3n) is 5.54. The number of thiocarbonyl (C=S) groups is 1. The van der Waals surface area contributed by atoms with Crippen LogP contribution in [0, 0.1) is 0 Å². The Hall–Kier alpha value is -3.58. The van der Waals surface area contributed by atoms with Gasteiger partial charge in [-0.2, -0.15) is 0 Å². The van der Waals surface area contributed by atoms with Crippen LogP contribution in [0.4, 0.5) is 0 Å². The Morgan fingerprint density at radius 2 is 1.74 bits per heavy atom. The van der Waals surface area contributed by atoms with E-state index >= 15 is 0 Å². The van der Waals surface area contributed by atoms with Crippen LogP contribution in [0.5, 0.6) is 0 Å². The van der Waals surface area contributed by atoms with Gasteiger partial charge in [-0.05, 0) is 65.8 Å². The topological polar surface area (TPSA) is 58.9 Å². The molecular formula is C24H22N6S. The van der Waals surface area contributed by atoms with E-state index in [1.54, 1.807) is 6.20 Å². The molecule has 0 aromatic carbocycles. The molecule has 0 spiro atoms. The zero-order valence-electron chi connectivity index (χ0n) is 16.9. The lowest BCUT2D eigenvalue weighted by Gasteiger charge is -2.29. The summed E-state index contributed by atoms with van der Waals surface area (Å²) in [5, 5.41) is 4.25. The zero-order chi connectivity index (χ0) is 21.0. The van der Waals surface area contributed by atoms with Crippen LogP contribution in [0.15, 0.2) is 91.8 Å². The summed E-state index contributed by atoms with van der Waals surface area (Å²) in [6.45, 7) is 1.44. The molecule has 1 aliphatic heterocycles. The second kappa shape index (κ2) is 8.65. The minimum absolute atomic E-state index is 0.00207. The summed E-state index contributed by atoms with van der Waals surface area (Å²) in [5.74, 6) is 0. The van der Waals surface area contributed by atoms with Gasteiger partial charge in [0, 0.05) is 56.0 Å². The molecule has 0 radical (unpaired) electrons. The molecular weight excluding hydrogens is 404 g/mol. The molecule has 4 aromatic heterocycles. The summed E-state index contributed by atoms with van der Waals surface area (Å²) in [6.07, 6.45) is 11.3. The number of nitrogens with one attached hydrogen (secondary N) is 1. The fraction of sp³-hybridized carbons (Fsp3) is 0.167. The second-order valence-corrected chi connectivity index (χ2v) is 7.92. The highest BCUT2D eigenvalue weighted by Gasteiger charge is 2.41. The molecule has 6 nitrogen and oxygen atoms in total. The summed E-state index contributed by atoms with van der Waals surface area (Å²) >= 11 is 5.79. The summed E-state index contributed by atoms with van der Waals surface area (Å²) in [4.78, 5) is 15.3. The molecule has 0 saturated carbocycles. The van der Waals surface area contributed by atoms with Crippen LogP contribution in [0.2, 0.25) is 0 Å². The third-order valence-corrected chi connectivity index (χ3v) is 5.90. The van der Waals surface area contributed by atoms with Crippen molar-refractivity contribution in [1.82, 2.24) is 29.7 Å². The first-order valence-corrected chi connectivity index (χ1v) is 10.6. The van der Waals surface area contributed by atoms with E-state index < -0.39 is 0 Å². The van der Waals surface area contributed by atoms with E-state index in [-0.39, 0.29) is 12.1 Å². The predicted molar refractivity (Wildman–Crippen MR) is 123 cm³/mol. The maximum Gasteiger partial charge on any atom is 0.170 e. The van der Waals surface area contributed by atoms with Gasteiger partial charge in [-0.25, -0.2) is 0 Å². The van der Waals surface area contributed by atoms with Gasteiger partial charge in [0.05, 0.1) is 17.8 Å². The Balaban J connectivity index is 1.54. The smallest absolute Gasteiger partial charge is 0.170 e. The van der Waals surface area contributed by atoms with E-state index in [1.165, 1.54) is 5.69 Å². The van der Waals surface area contributed by atoms with Gasteiger partial charge in [0.25, 0.3) is 0 Å². The molecule has 0 bridgehead atoms. The maximum absolute atomic E-state index is 5.79. The molecule has 31 heavy (non-hydrogen) atoms. The summed E-state index contributed by atoms with van der Waals surface area (Å²) in [6, 6.07) is 18.4. The molecule has 0 aliphatic carbocycles. The fourth-order valence-electron chi connectivity index (χ4n) is 4.11. The quantitative estimate of drug-likeness (QED) is 0.472. The summed E-state index contributed by atoms with van der Waals surface area (Å²) in [7, 11) is 0. The van der Waals surface area contributed by atoms with Crippen LogP contribution in [-0.2, 0) is 13.1 Å². The van der Waals surface area contributed by atoms with E-state index in [1.807, 2.05) is 55.1 Å². The van der Waals surface area contributed by atoms with E-state index in [0.29, 0.717) is 6.54 Å². The van der Waals surface area contributed by atoms with Crippen LogP contribution >= 0.6 is 12.2 Å². The first-order chi connectivity index (χ1) is 15.3. The molecule has 5 rings (SSSR count). The van der Waals surface area contributed by atoms with Crippen LogP contribution in [0.25, 0.3) is 0 Å². The molecule has 1 fully saturated rings. The molecule has 154 valence electrons. The average Bonchev–Trinajstić information content (AvgIpc) is 3.40. The van der Waals surface area contributed by atoms with Gasteiger partial charge in [0.1, 0.15) is 0 Å². The lowest BCUT2D eigenvalue weighted by atomic mass is 10.0. The van der Waals surface area contributed by atoms with Gasteiger partial charge in [-0.1, -0.05) is 12.1 Å². The van der Waals surface area contributed by atoms with Crippen LogP contribution in [-0.4, -0.2) is 29.5 Å². The van der Waals surface area contributed by atoms with Crippen LogP contribution < -0.4 is 5.32 Å². The number of pyridine rings is 3. The lowest BCUT2D eigenvalue weighted by Crippen LogP contribution is -2.30. The fourth-order valence-corrected chi connectivity index (χ4v) is 4.42. The largest absolute Gasteiger partial charge is 0.352 e. The number of aromatic nitrogens is 4. The van der Waals surface area contributed by atoms with E-state index in [0.717, 1.165) is 28.5 Å². The number of hydrogen-bond acceptors (Lipinski definition) is 4. The normalized spacial score (nSPS) is 18.2. The standard InChI is InChI=1S/C24H22N6S/c31-24-28-22(20-6-1-2-11-27-20)23(30(24)17-18-8-12-25-13-9-18)21-7-4-14-29(21)16-19-5-3-10-26-15-19/h1-15,22-23H,16-17H2,(H,28,31)/t22-,23+/m1/s1. The van der Waals surface area contributed by atoms with Gasteiger partial charge in [-0.15, -0.1) is 0 Å². The van der Waals surface area contributed by atoms with Crippen molar-refractivity contribution < 1.29 is 0 Å². The molecule has 5 heterocycles. The molecule has 0 unspecified atom stereocenters. The third kappa shape index (κ3) is 4.04. The van der Waals surface area contributed by atoms with Gasteiger partial charge in [-0.3, -0.25) is 15.0 Å². The molecule has 1 N–H and O–H groups in total. The predicted octanol–water partition coefficient (Wildman–Crippen LogP) is 3.89. The summed E-state index contributed by atoms with van der Waals surface area (Å²) < 4.78 is 2.27. The number of rotatable bonds is 6. The highest BCUT2D eigenvalue weighted by Crippen LogP contribution is 2.39. The van der Waals surface area contributed by atoms with Crippen molar-refractivity contribution in [1.29, 1.82) is 0 Å². The molecule has 1 aliphatic rings. The summed E-state index contributed by atoms with van der Waals surface area (Å²) in [5.41, 5.74) is 4.47. The molecule has 7 heteroatoms. The molecule has 1 saturated heterocycles. The van der Waals surface area contributed by atoms with Crippen molar-refractivity contribution in [3.63, 3.8) is 0 Å². The Morgan fingerprint density at radius 3 is 2.52 bits per heavy atom. The van der Waals surface area contributed by atoms with Crippen molar-refractivity contribution in [3.05, 3.63) is 114 Å². The SMILES string of the molecule is S=C1N[C@H](c2ccccn2)[C@H](c2cccn2Cc2cccnc2)N1Cc1ccncc1. The Labute approximate surface area is 186 Å². The first-order valence-electron chi connectivity index (χ1n) is 10.2. The van der Waals surface area contributed by atoms with Gasteiger partial charge in [0.2, 0.25) is 0 Å². The van der Waals surface area contributed by atoms with Crippen molar-refractivity contribution in [2.45, 2.75) is 25.2 Å². The Morgan fingerprint density at radius 1 is 0.839 bits per heavy atom. The first kappa shape index (κ1) is 19.4. The minimum Gasteiger partial charge on any atom is -0.352 e. The van der Waals surface area contributed by atoms with E-state index in [4.69, 9.17) is 12.2 Å². The lowest BCUT2D eigenvalue weighted by molar-refractivity contribution is 0.298. The second-order valence-electron chi connectivity index (χ2n) is 7.53. The molecule has 0 amide bonds. The number of nitrogens with zero attached hydrogens (tertiary/aromatic N) is 5. The highest BCUT2D eigenvalue weighted by molar-refractivity contribution is 7.80. The average molecular weight is 427 g/mol. The Kier molecular flexibility index (Phi) is 5.41. The van der Waals surface area contributed by atoms with Crippen molar-refractivity contribution in [2.75, 3.05) is 0 Å². The van der Waals surface area contributed by atoms with Crippen molar-refractivity contribution in [3.8, 4) is 0 Å². The number of hydrogen-bond donors (Lipinski definition) is 1. The van der Waals surface area contributed by atoms with Crippen molar-refractivity contribution in [2.24, 2.45) is 0 Å². The minimum atomic E-state index is -0.0434. The van der Waals surface area contributed by atoms with Crippen LogP contribution in [0.1, 0.15) is 34.6 Å². The van der Waals surface area contributed by atoms with E-state index in [9.17, 15) is 0 Å². The van der Waals surface area contributed by atoms with Gasteiger partial charge in [0.15, 0.2) is 5.11 Å². The molecule has 4 aromatic rings. The molecule has 2 atom stereocenters. The van der Waals surface area contributed by atoms with Crippen LogP contribution in [0.3, 0.4) is 0 Å². The highest BCUT2D eigenvalue weighted by atomic mass is 32.1.